The number of carbonyl (C=O) groups excluding carboxylic acids is 2. The number of para-hydroxylation sites is 1. The molecule has 3 aromatic carbocycles. The van der Waals surface area contributed by atoms with Crippen LogP contribution in [0.1, 0.15) is 36.1 Å². The Labute approximate surface area is 205 Å². The summed E-state index contributed by atoms with van der Waals surface area (Å²) in [7, 11) is 0. The van der Waals surface area contributed by atoms with Crippen molar-refractivity contribution in [3.63, 3.8) is 0 Å². The highest BCUT2D eigenvalue weighted by atomic mass is 16.6. The van der Waals surface area contributed by atoms with Gasteiger partial charge in [-0.2, -0.15) is 0 Å². The van der Waals surface area contributed by atoms with Gasteiger partial charge in [0.25, 0.3) is 5.69 Å². The fourth-order valence-corrected chi connectivity index (χ4v) is 4.04. The van der Waals surface area contributed by atoms with E-state index in [2.05, 4.69) is 5.32 Å². The van der Waals surface area contributed by atoms with Crippen molar-refractivity contribution >= 4 is 17.5 Å². The van der Waals surface area contributed by atoms with Gasteiger partial charge in [0.2, 0.25) is 11.8 Å². The second-order valence-electron chi connectivity index (χ2n) is 8.94. The van der Waals surface area contributed by atoms with Crippen LogP contribution in [0.4, 0.5) is 5.69 Å². The lowest BCUT2D eigenvalue weighted by atomic mass is 10.0. The third-order valence-corrected chi connectivity index (χ3v) is 5.67. The van der Waals surface area contributed by atoms with Crippen molar-refractivity contribution in [2.24, 2.45) is 0 Å². The number of nitrogens with one attached hydrogen (secondary N) is 1. The molecule has 0 aliphatic carbocycles. The Morgan fingerprint density at radius 3 is 2.26 bits per heavy atom. The maximum absolute atomic E-state index is 13.7. The lowest BCUT2D eigenvalue weighted by Crippen LogP contribution is -2.52. The Bertz CT molecular complexity index is 1180. The van der Waals surface area contributed by atoms with Gasteiger partial charge in [0.05, 0.1) is 11.3 Å². The summed E-state index contributed by atoms with van der Waals surface area (Å²) >= 11 is 0. The first-order chi connectivity index (χ1) is 16.7. The van der Waals surface area contributed by atoms with E-state index in [0.29, 0.717) is 12.0 Å². The monoisotopic (exact) mass is 473 g/mol. The van der Waals surface area contributed by atoms with Crippen LogP contribution in [0.2, 0.25) is 0 Å². The number of benzene rings is 3. The highest BCUT2D eigenvalue weighted by Crippen LogP contribution is 2.22. The van der Waals surface area contributed by atoms with Gasteiger partial charge in [-0.3, -0.25) is 19.7 Å². The lowest BCUT2D eigenvalue weighted by molar-refractivity contribution is -0.385. The van der Waals surface area contributed by atoms with E-state index in [-0.39, 0.29) is 36.5 Å². The molecule has 0 spiro atoms. The first-order valence-corrected chi connectivity index (χ1v) is 11.7. The number of hydrogen-bond acceptors (Lipinski definition) is 4. The van der Waals surface area contributed by atoms with Gasteiger partial charge in [-0.25, -0.2) is 0 Å². The number of nitro groups is 1. The molecule has 2 amide bonds. The van der Waals surface area contributed by atoms with Gasteiger partial charge in [0, 0.05) is 30.6 Å². The van der Waals surface area contributed by atoms with E-state index >= 15 is 0 Å². The van der Waals surface area contributed by atoms with Crippen molar-refractivity contribution in [1.82, 2.24) is 10.2 Å². The van der Waals surface area contributed by atoms with Crippen LogP contribution in [0, 0.1) is 17.0 Å². The number of nitrogens with zero attached hydrogens (tertiary/aromatic N) is 2. The quantitative estimate of drug-likeness (QED) is 0.344. The van der Waals surface area contributed by atoms with Crippen LogP contribution >= 0.6 is 0 Å². The van der Waals surface area contributed by atoms with Crippen molar-refractivity contribution in [3.05, 3.63) is 111 Å². The summed E-state index contributed by atoms with van der Waals surface area (Å²) in [6.45, 7) is 5.93. The fraction of sp³-hybridized carbons (Fsp3) is 0.286. The molecule has 0 radical (unpaired) electrons. The zero-order valence-electron chi connectivity index (χ0n) is 20.3. The van der Waals surface area contributed by atoms with Gasteiger partial charge >= 0.3 is 0 Å². The van der Waals surface area contributed by atoms with Crippen LogP contribution in [0.3, 0.4) is 0 Å². The summed E-state index contributed by atoms with van der Waals surface area (Å²) in [5.74, 6) is -0.604. The van der Waals surface area contributed by atoms with Gasteiger partial charge in [0.15, 0.2) is 0 Å². The lowest BCUT2D eigenvalue weighted by Gasteiger charge is -2.32. The predicted molar refractivity (Wildman–Crippen MR) is 136 cm³/mol. The third-order valence-electron chi connectivity index (χ3n) is 5.67. The summed E-state index contributed by atoms with van der Waals surface area (Å²) in [6.07, 6.45) is 0.150. The van der Waals surface area contributed by atoms with E-state index in [1.807, 2.05) is 75.4 Å². The normalized spacial score (nSPS) is 11.7. The smallest absolute Gasteiger partial charge is 0.273 e. The zero-order chi connectivity index (χ0) is 25.4. The molecular weight excluding hydrogens is 442 g/mol. The molecule has 7 heteroatoms. The third kappa shape index (κ3) is 7.24. The molecule has 3 rings (SSSR count). The minimum Gasteiger partial charge on any atom is -0.352 e. The first-order valence-electron chi connectivity index (χ1n) is 11.7. The molecule has 3 aromatic rings. The molecule has 182 valence electrons. The standard InChI is InChI=1S/C28H31N3O4/c1-20(2)29-28(33)26(17-22-11-5-4-6-12-22)30(19-23-13-9-10-21(3)16-23)27(32)18-24-14-7-8-15-25(24)31(34)35/h4-16,20,26H,17-19H2,1-3H3,(H,29,33). The van der Waals surface area contributed by atoms with E-state index in [0.717, 1.165) is 16.7 Å². The molecule has 1 unspecified atom stereocenters. The minimum absolute atomic E-state index is 0.105. The van der Waals surface area contributed by atoms with Gasteiger partial charge in [-0.1, -0.05) is 78.4 Å². The predicted octanol–water partition coefficient (Wildman–Crippen LogP) is 4.61. The number of nitro benzene ring substituents is 1. The van der Waals surface area contributed by atoms with Gasteiger partial charge in [-0.05, 0) is 31.9 Å². The van der Waals surface area contributed by atoms with E-state index in [4.69, 9.17) is 0 Å². The van der Waals surface area contributed by atoms with Crippen LogP contribution < -0.4 is 5.32 Å². The SMILES string of the molecule is Cc1cccc(CN(C(=O)Cc2ccccc2[N+](=O)[O-])C(Cc2ccccc2)C(=O)NC(C)C)c1. The molecule has 0 saturated carbocycles. The molecule has 0 saturated heterocycles. The van der Waals surface area contributed by atoms with Crippen molar-refractivity contribution in [3.8, 4) is 0 Å². The number of carbonyl (C=O) groups is 2. The summed E-state index contributed by atoms with van der Waals surface area (Å²) in [5.41, 5.74) is 3.06. The number of amides is 2. The molecule has 1 N–H and O–H groups in total. The summed E-state index contributed by atoms with van der Waals surface area (Å²) < 4.78 is 0. The van der Waals surface area contributed by atoms with E-state index < -0.39 is 11.0 Å². The van der Waals surface area contributed by atoms with Crippen LogP contribution in [0.25, 0.3) is 0 Å². The van der Waals surface area contributed by atoms with Crippen LogP contribution in [0.15, 0.2) is 78.9 Å². The van der Waals surface area contributed by atoms with Gasteiger partial charge in [0.1, 0.15) is 6.04 Å². The minimum atomic E-state index is -0.782. The summed E-state index contributed by atoms with van der Waals surface area (Å²) in [5, 5.41) is 14.5. The van der Waals surface area contributed by atoms with Crippen molar-refractivity contribution in [2.75, 3.05) is 0 Å². The Kier molecular flexibility index (Phi) is 8.73. The maximum Gasteiger partial charge on any atom is 0.273 e. The van der Waals surface area contributed by atoms with Crippen LogP contribution in [0.5, 0.6) is 0 Å². The number of rotatable bonds is 10. The summed E-state index contributed by atoms with van der Waals surface area (Å²) in [4.78, 5) is 39.7. The first kappa shape index (κ1) is 25.6. The van der Waals surface area contributed by atoms with Crippen LogP contribution in [-0.4, -0.2) is 33.7 Å². The van der Waals surface area contributed by atoms with Gasteiger partial charge in [-0.15, -0.1) is 0 Å². The Hall–Kier alpha value is -4.00. The highest BCUT2D eigenvalue weighted by Gasteiger charge is 2.31. The number of hydrogen-bond donors (Lipinski definition) is 1. The van der Waals surface area contributed by atoms with Crippen molar-refractivity contribution in [1.29, 1.82) is 0 Å². The van der Waals surface area contributed by atoms with Gasteiger partial charge < -0.3 is 10.2 Å². The summed E-state index contributed by atoms with van der Waals surface area (Å²) in [6, 6.07) is 22.6. The molecular formula is C28H31N3O4. The van der Waals surface area contributed by atoms with Crippen LogP contribution in [-0.2, 0) is 29.0 Å². The molecule has 1 atom stereocenters. The molecule has 0 aromatic heterocycles. The molecule has 0 aliphatic heterocycles. The van der Waals surface area contributed by atoms with E-state index in [1.54, 1.807) is 23.1 Å². The maximum atomic E-state index is 13.7. The molecule has 0 aliphatic rings. The Balaban J connectivity index is 2.01. The Morgan fingerprint density at radius 1 is 0.943 bits per heavy atom. The van der Waals surface area contributed by atoms with Crippen molar-refractivity contribution < 1.29 is 14.5 Å². The van der Waals surface area contributed by atoms with E-state index in [9.17, 15) is 19.7 Å². The average molecular weight is 474 g/mol. The molecule has 0 fully saturated rings. The topological polar surface area (TPSA) is 92.6 Å². The Morgan fingerprint density at radius 2 is 1.60 bits per heavy atom. The molecule has 35 heavy (non-hydrogen) atoms. The largest absolute Gasteiger partial charge is 0.352 e. The molecule has 0 bridgehead atoms. The second kappa shape index (κ2) is 11.9. The zero-order valence-corrected chi connectivity index (χ0v) is 20.3. The highest BCUT2D eigenvalue weighted by molar-refractivity contribution is 5.89. The number of aryl methyl sites for hydroxylation is 1. The van der Waals surface area contributed by atoms with Crippen molar-refractivity contribution in [2.45, 2.75) is 52.2 Å². The van der Waals surface area contributed by atoms with E-state index in [1.165, 1.54) is 6.07 Å². The second-order valence-corrected chi connectivity index (χ2v) is 8.94. The molecule has 0 heterocycles. The fourth-order valence-electron chi connectivity index (χ4n) is 4.04. The molecule has 7 nitrogen and oxygen atoms in total. The average Bonchev–Trinajstić information content (AvgIpc) is 2.81.